The van der Waals surface area contributed by atoms with Gasteiger partial charge in [-0.3, -0.25) is 4.79 Å². The van der Waals surface area contributed by atoms with Crippen LogP contribution in [0.25, 0.3) is 10.1 Å². The average Bonchev–Trinajstić information content (AvgIpc) is 2.81. The molecule has 0 spiro atoms. The first-order valence-electron chi connectivity index (χ1n) is 6.20. The summed E-state index contributed by atoms with van der Waals surface area (Å²) in [5.74, 6) is 2.48. The van der Waals surface area contributed by atoms with E-state index in [4.69, 9.17) is 12.2 Å². The highest BCUT2D eigenvalue weighted by atomic mass is 32.1. The molecule has 1 aromatic carbocycles. The van der Waals surface area contributed by atoms with Gasteiger partial charge in [-0.15, -0.1) is 17.8 Å². The molecule has 0 aliphatic carbocycles. The SMILES string of the molecule is C#CC(CCC)NC(=O)c1cc2cc(N)ccc2s1. The second kappa shape index (κ2) is 5.77. The van der Waals surface area contributed by atoms with Crippen LogP contribution in [-0.4, -0.2) is 11.9 Å². The monoisotopic (exact) mass is 272 g/mol. The number of nitrogens with one attached hydrogen (secondary N) is 1. The van der Waals surface area contributed by atoms with Crippen molar-refractivity contribution in [1.29, 1.82) is 0 Å². The largest absolute Gasteiger partial charge is 0.399 e. The smallest absolute Gasteiger partial charge is 0.262 e. The quantitative estimate of drug-likeness (QED) is 0.664. The number of amides is 1. The zero-order chi connectivity index (χ0) is 13.8. The van der Waals surface area contributed by atoms with Crippen LogP contribution in [0.1, 0.15) is 29.4 Å². The van der Waals surface area contributed by atoms with Crippen molar-refractivity contribution in [2.24, 2.45) is 0 Å². The number of terminal acetylenes is 1. The third kappa shape index (κ3) is 3.07. The molecule has 2 rings (SSSR count). The van der Waals surface area contributed by atoms with Crippen LogP contribution in [-0.2, 0) is 0 Å². The van der Waals surface area contributed by atoms with Gasteiger partial charge in [0.25, 0.3) is 5.91 Å². The fourth-order valence-electron chi connectivity index (χ4n) is 1.89. The van der Waals surface area contributed by atoms with Gasteiger partial charge in [0.1, 0.15) is 0 Å². The van der Waals surface area contributed by atoms with E-state index in [1.807, 2.05) is 31.2 Å². The highest BCUT2D eigenvalue weighted by Crippen LogP contribution is 2.27. The molecule has 1 heterocycles. The minimum Gasteiger partial charge on any atom is -0.399 e. The van der Waals surface area contributed by atoms with Gasteiger partial charge in [-0.2, -0.15) is 0 Å². The van der Waals surface area contributed by atoms with Crippen molar-refractivity contribution < 1.29 is 4.79 Å². The molecule has 0 saturated heterocycles. The van der Waals surface area contributed by atoms with Crippen molar-refractivity contribution in [2.45, 2.75) is 25.8 Å². The number of benzene rings is 1. The van der Waals surface area contributed by atoms with E-state index in [0.717, 1.165) is 22.9 Å². The van der Waals surface area contributed by atoms with Gasteiger partial charge in [-0.25, -0.2) is 0 Å². The van der Waals surface area contributed by atoms with Gasteiger partial charge in [-0.1, -0.05) is 19.3 Å². The van der Waals surface area contributed by atoms with Crippen molar-refractivity contribution in [3.05, 3.63) is 29.1 Å². The van der Waals surface area contributed by atoms with E-state index in [2.05, 4.69) is 11.2 Å². The lowest BCUT2D eigenvalue weighted by molar-refractivity contribution is 0.0948. The van der Waals surface area contributed by atoms with Crippen LogP contribution >= 0.6 is 11.3 Å². The topological polar surface area (TPSA) is 55.1 Å². The molecule has 1 amide bonds. The summed E-state index contributed by atoms with van der Waals surface area (Å²) in [5, 5.41) is 3.85. The first-order chi connectivity index (χ1) is 9.13. The van der Waals surface area contributed by atoms with E-state index >= 15 is 0 Å². The van der Waals surface area contributed by atoms with Crippen LogP contribution < -0.4 is 11.1 Å². The fourth-order valence-corrected chi connectivity index (χ4v) is 2.84. The molecule has 98 valence electrons. The van der Waals surface area contributed by atoms with Crippen LogP contribution in [0.15, 0.2) is 24.3 Å². The first kappa shape index (κ1) is 13.4. The molecule has 4 heteroatoms. The molecule has 1 aromatic heterocycles. The molecule has 0 aliphatic rings. The lowest BCUT2D eigenvalue weighted by Gasteiger charge is -2.10. The first-order valence-corrected chi connectivity index (χ1v) is 7.01. The van der Waals surface area contributed by atoms with Crippen molar-refractivity contribution >= 4 is 33.0 Å². The Morgan fingerprint density at radius 2 is 2.32 bits per heavy atom. The molecule has 0 bridgehead atoms. The lowest BCUT2D eigenvalue weighted by atomic mass is 10.2. The third-order valence-corrected chi connectivity index (χ3v) is 3.96. The summed E-state index contributed by atoms with van der Waals surface area (Å²) in [6.45, 7) is 2.04. The Morgan fingerprint density at radius 3 is 3.00 bits per heavy atom. The van der Waals surface area contributed by atoms with Gasteiger partial charge in [0, 0.05) is 10.4 Å². The minimum absolute atomic E-state index is 0.115. The average molecular weight is 272 g/mol. The lowest BCUT2D eigenvalue weighted by Crippen LogP contribution is -2.33. The van der Waals surface area contributed by atoms with E-state index in [1.54, 1.807) is 0 Å². The number of hydrogen-bond acceptors (Lipinski definition) is 3. The molecule has 0 saturated carbocycles. The van der Waals surface area contributed by atoms with E-state index in [0.29, 0.717) is 10.6 Å². The number of nitrogens with two attached hydrogens (primary N) is 1. The van der Waals surface area contributed by atoms with Gasteiger partial charge in [-0.05, 0) is 36.1 Å². The maximum absolute atomic E-state index is 12.1. The Labute approximate surface area is 116 Å². The number of fused-ring (bicyclic) bond motifs is 1. The number of carbonyl (C=O) groups is 1. The highest BCUT2D eigenvalue weighted by Gasteiger charge is 2.13. The summed E-state index contributed by atoms with van der Waals surface area (Å²) in [5.41, 5.74) is 6.43. The summed E-state index contributed by atoms with van der Waals surface area (Å²) in [6, 6.07) is 7.28. The van der Waals surface area contributed by atoms with E-state index in [-0.39, 0.29) is 11.9 Å². The second-order valence-corrected chi connectivity index (χ2v) is 5.47. The molecular weight excluding hydrogens is 256 g/mol. The van der Waals surface area contributed by atoms with E-state index < -0.39 is 0 Å². The molecule has 2 aromatic rings. The molecule has 1 unspecified atom stereocenters. The summed E-state index contributed by atoms with van der Waals surface area (Å²) in [4.78, 5) is 12.8. The van der Waals surface area contributed by atoms with Crippen molar-refractivity contribution in [3.63, 3.8) is 0 Å². The molecule has 3 nitrogen and oxygen atoms in total. The zero-order valence-electron chi connectivity index (χ0n) is 10.8. The van der Waals surface area contributed by atoms with Crippen molar-refractivity contribution in [2.75, 3.05) is 5.73 Å². The van der Waals surface area contributed by atoms with Crippen LogP contribution in [0.4, 0.5) is 5.69 Å². The molecule has 1 atom stereocenters. The number of thiophene rings is 1. The third-order valence-electron chi connectivity index (χ3n) is 2.85. The Balaban J connectivity index is 2.20. The second-order valence-electron chi connectivity index (χ2n) is 4.39. The number of anilines is 1. The normalized spacial score (nSPS) is 12.0. The van der Waals surface area contributed by atoms with E-state index in [1.165, 1.54) is 11.3 Å². The van der Waals surface area contributed by atoms with Crippen LogP contribution in [0.2, 0.25) is 0 Å². The highest BCUT2D eigenvalue weighted by molar-refractivity contribution is 7.20. The number of nitrogen functional groups attached to an aromatic ring is 1. The van der Waals surface area contributed by atoms with Gasteiger partial charge < -0.3 is 11.1 Å². The molecule has 0 radical (unpaired) electrons. The van der Waals surface area contributed by atoms with Crippen molar-refractivity contribution in [3.8, 4) is 12.3 Å². The van der Waals surface area contributed by atoms with Crippen LogP contribution in [0.5, 0.6) is 0 Å². The van der Waals surface area contributed by atoms with Gasteiger partial charge in [0.2, 0.25) is 0 Å². The van der Waals surface area contributed by atoms with Crippen molar-refractivity contribution in [1.82, 2.24) is 5.32 Å². The predicted molar refractivity (Wildman–Crippen MR) is 81.2 cm³/mol. The summed E-state index contributed by atoms with van der Waals surface area (Å²) in [6.07, 6.45) is 7.14. The minimum atomic E-state index is -0.201. The maximum Gasteiger partial charge on any atom is 0.262 e. The van der Waals surface area contributed by atoms with Gasteiger partial charge >= 0.3 is 0 Å². The Kier molecular flexibility index (Phi) is 4.08. The van der Waals surface area contributed by atoms with E-state index in [9.17, 15) is 4.79 Å². The summed E-state index contributed by atoms with van der Waals surface area (Å²) in [7, 11) is 0. The Bertz CT molecular complexity index is 639. The Morgan fingerprint density at radius 1 is 1.53 bits per heavy atom. The molecule has 3 N–H and O–H groups in total. The van der Waals surface area contributed by atoms with Crippen LogP contribution in [0, 0.1) is 12.3 Å². The molecule has 0 fully saturated rings. The molecule has 0 aliphatic heterocycles. The molecular formula is C15H16N2OS. The number of rotatable bonds is 4. The number of carbonyl (C=O) groups excluding carboxylic acids is 1. The maximum atomic E-state index is 12.1. The summed E-state index contributed by atoms with van der Waals surface area (Å²) < 4.78 is 1.05. The van der Waals surface area contributed by atoms with Gasteiger partial charge in [0.05, 0.1) is 10.9 Å². The predicted octanol–water partition coefficient (Wildman–Crippen LogP) is 3.02. The number of hydrogen-bond donors (Lipinski definition) is 2. The molecule has 19 heavy (non-hydrogen) atoms. The zero-order valence-corrected chi connectivity index (χ0v) is 11.6. The fraction of sp³-hybridized carbons (Fsp3) is 0.267. The standard InChI is InChI=1S/C15H16N2OS/c1-3-5-12(4-2)17-15(18)14-9-10-8-11(16)6-7-13(10)19-14/h2,6-9,12H,3,5,16H2,1H3,(H,17,18). The Hall–Kier alpha value is -1.99. The van der Waals surface area contributed by atoms with Crippen LogP contribution in [0.3, 0.4) is 0 Å². The van der Waals surface area contributed by atoms with Gasteiger partial charge in [0.15, 0.2) is 0 Å². The summed E-state index contributed by atoms with van der Waals surface area (Å²) >= 11 is 1.45.